The Bertz CT molecular complexity index is 1780. The number of hydrogen-bond acceptors (Lipinski definition) is 8. The highest BCUT2D eigenvalue weighted by molar-refractivity contribution is 6.02. The second-order valence-electron chi connectivity index (χ2n) is 12.3. The molecule has 9 heteroatoms. The van der Waals surface area contributed by atoms with Crippen molar-refractivity contribution in [1.82, 2.24) is 0 Å². The van der Waals surface area contributed by atoms with Gasteiger partial charge in [-0.25, -0.2) is 0 Å². The SMILES string of the molecule is COc1ccc(OCc2cc(C3C(C#N)=C(N)N(c4cc([N+](=O)[O-])ccc4C)C4=C3C(=O)CC(C)(C)C4)c(C)cc2C)cc1. The van der Waals surface area contributed by atoms with Gasteiger partial charge in [0.15, 0.2) is 5.78 Å². The molecule has 0 radical (unpaired) electrons. The number of non-ortho nitro benzene ring substituents is 1. The van der Waals surface area contributed by atoms with Crippen LogP contribution >= 0.6 is 0 Å². The van der Waals surface area contributed by atoms with Crippen LogP contribution in [0.3, 0.4) is 0 Å². The molecule has 1 aliphatic heterocycles. The fourth-order valence-corrected chi connectivity index (χ4v) is 6.26. The van der Waals surface area contributed by atoms with Gasteiger partial charge in [-0.15, -0.1) is 0 Å². The normalized spacial score (nSPS) is 17.7. The molecule has 9 nitrogen and oxygen atoms in total. The zero-order valence-electron chi connectivity index (χ0n) is 25.9. The summed E-state index contributed by atoms with van der Waals surface area (Å²) >= 11 is 0. The Kier molecular flexibility index (Phi) is 7.96. The molecule has 1 unspecified atom stereocenters. The van der Waals surface area contributed by atoms with E-state index in [9.17, 15) is 20.2 Å². The smallest absolute Gasteiger partial charge is 0.271 e. The lowest BCUT2D eigenvalue weighted by molar-refractivity contribution is -0.384. The second kappa shape index (κ2) is 11.5. The summed E-state index contributed by atoms with van der Waals surface area (Å²) < 4.78 is 11.3. The number of allylic oxidation sites excluding steroid dienone is 3. The number of rotatable bonds is 7. The molecule has 0 bridgehead atoms. The Morgan fingerprint density at radius 3 is 2.34 bits per heavy atom. The van der Waals surface area contributed by atoms with Crippen LogP contribution in [0.25, 0.3) is 0 Å². The molecule has 1 heterocycles. The minimum absolute atomic E-state index is 0.0643. The summed E-state index contributed by atoms with van der Waals surface area (Å²) in [7, 11) is 1.61. The van der Waals surface area contributed by atoms with Gasteiger partial charge in [0.25, 0.3) is 5.69 Å². The number of nitro groups is 1. The summed E-state index contributed by atoms with van der Waals surface area (Å²) in [4.78, 5) is 27.0. The largest absolute Gasteiger partial charge is 0.497 e. The number of Topliss-reactive ketones (excluding diaryl/α,β-unsaturated/α-hetero) is 1. The van der Waals surface area contributed by atoms with Crippen molar-refractivity contribution in [2.24, 2.45) is 11.1 Å². The number of hydrogen-bond donors (Lipinski definition) is 1. The van der Waals surface area contributed by atoms with Crippen LogP contribution in [0, 0.1) is 47.6 Å². The highest BCUT2D eigenvalue weighted by Gasteiger charge is 2.45. The predicted molar refractivity (Wildman–Crippen MR) is 168 cm³/mol. The number of ketones is 1. The number of carbonyl (C=O) groups is 1. The van der Waals surface area contributed by atoms with Gasteiger partial charge < -0.3 is 15.2 Å². The number of methoxy groups -OCH3 is 1. The summed E-state index contributed by atoms with van der Waals surface area (Å²) in [6.45, 7) is 10.1. The highest BCUT2D eigenvalue weighted by atomic mass is 16.6. The number of benzene rings is 3. The van der Waals surface area contributed by atoms with Crippen molar-refractivity contribution < 1.29 is 19.2 Å². The lowest BCUT2D eigenvalue weighted by Gasteiger charge is -2.44. The van der Waals surface area contributed by atoms with Crippen molar-refractivity contribution in [2.75, 3.05) is 12.0 Å². The summed E-state index contributed by atoms with van der Waals surface area (Å²) in [5, 5.41) is 22.3. The van der Waals surface area contributed by atoms with Crippen molar-refractivity contribution in [3.05, 3.63) is 115 Å². The van der Waals surface area contributed by atoms with Gasteiger partial charge in [0, 0.05) is 29.8 Å². The maximum atomic E-state index is 14.1. The molecule has 0 fully saturated rings. The number of nitrogens with zero attached hydrogens (tertiary/aromatic N) is 3. The van der Waals surface area contributed by atoms with E-state index in [0.29, 0.717) is 35.5 Å². The molecule has 0 amide bonds. The molecule has 0 saturated heterocycles. The second-order valence-corrected chi connectivity index (χ2v) is 12.3. The molecule has 5 rings (SSSR count). The molecule has 1 atom stereocenters. The van der Waals surface area contributed by atoms with E-state index < -0.39 is 10.8 Å². The molecule has 2 N–H and O–H groups in total. The van der Waals surface area contributed by atoms with Crippen LogP contribution in [0.15, 0.2) is 77.3 Å². The summed E-state index contributed by atoms with van der Waals surface area (Å²) in [6, 6.07) is 18.3. The zero-order valence-corrected chi connectivity index (χ0v) is 25.9. The maximum absolute atomic E-state index is 14.1. The molecule has 3 aromatic carbocycles. The number of nitrogens with two attached hydrogens (primary N) is 1. The molecular weight excluding hydrogens is 556 g/mol. The fraction of sp³-hybridized carbons (Fsp3) is 0.314. The standard InChI is InChI=1S/C35H36N4O5/c1-20-7-8-24(39(41)42)15-29(20)38-30-16-35(4,5)17-31(40)33(30)32(28(18-36)34(38)37)27-14-23(21(2)13-22(27)3)19-44-26-11-9-25(43-6)10-12-26/h7-15,32H,16-17,19,37H2,1-6H3. The first-order valence-electron chi connectivity index (χ1n) is 14.4. The van der Waals surface area contributed by atoms with E-state index in [-0.39, 0.29) is 34.9 Å². The number of aryl methyl sites for hydroxylation is 3. The Balaban J connectivity index is 1.67. The first kappa shape index (κ1) is 30.4. The number of carbonyl (C=O) groups excluding carboxylic acids is 1. The molecule has 0 aromatic heterocycles. The minimum atomic E-state index is -0.686. The first-order chi connectivity index (χ1) is 20.8. The highest BCUT2D eigenvalue weighted by Crippen LogP contribution is 2.51. The lowest BCUT2D eigenvalue weighted by Crippen LogP contribution is -2.42. The fourth-order valence-electron chi connectivity index (χ4n) is 6.26. The summed E-state index contributed by atoms with van der Waals surface area (Å²) in [6.07, 6.45) is 0.811. The maximum Gasteiger partial charge on any atom is 0.271 e. The van der Waals surface area contributed by atoms with Crippen LogP contribution in [-0.4, -0.2) is 17.8 Å². The van der Waals surface area contributed by atoms with Crippen molar-refractivity contribution in [2.45, 2.75) is 60.0 Å². The molecule has 44 heavy (non-hydrogen) atoms. The topological polar surface area (TPSA) is 132 Å². The minimum Gasteiger partial charge on any atom is -0.497 e. The van der Waals surface area contributed by atoms with Gasteiger partial charge >= 0.3 is 0 Å². The number of nitro benzene ring substituents is 1. The van der Waals surface area contributed by atoms with Crippen LogP contribution in [0.4, 0.5) is 11.4 Å². The Morgan fingerprint density at radius 1 is 1.02 bits per heavy atom. The van der Waals surface area contributed by atoms with Gasteiger partial charge in [0.1, 0.15) is 23.9 Å². The van der Waals surface area contributed by atoms with Crippen molar-refractivity contribution in [3.63, 3.8) is 0 Å². The lowest BCUT2D eigenvalue weighted by atomic mass is 9.68. The van der Waals surface area contributed by atoms with Gasteiger partial charge in [-0.3, -0.25) is 19.8 Å². The van der Waals surface area contributed by atoms with E-state index in [0.717, 1.165) is 33.6 Å². The number of ether oxygens (including phenoxy) is 2. The van der Waals surface area contributed by atoms with Gasteiger partial charge in [-0.1, -0.05) is 32.0 Å². The van der Waals surface area contributed by atoms with Gasteiger partial charge in [-0.2, -0.15) is 5.26 Å². The van der Waals surface area contributed by atoms with E-state index in [1.54, 1.807) is 18.1 Å². The van der Waals surface area contributed by atoms with E-state index in [2.05, 4.69) is 6.07 Å². The van der Waals surface area contributed by atoms with Crippen molar-refractivity contribution >= 4 is 17.2 Å². The van der Waals surface area contributed by atoms with Crippen molar-refractivity contribution in [1.29, 1.82) is 5.26 Å². The molecule has 3 aromatic rings. The molecule has 1 aliphatic carbocycles. The number of nitriles is 1. The van der Waals surface area contributed by atoms with Crippen LogP contribution in [-0.2, 0) is 11.4 Å². The van der Waals surface area contributed by atoms with Crippen molar-refractivity contribution in [3.8, 4) is 17.6 Å². The zero-order chi connectivity index (χ0) is 31.9. The van der Waals surface area contributed by atoms with E-state index in [4.69, 9.17) is 15.2 Å². The molecule has 0 spiro atoms. The number of anilines is 1. The van der Waals surface area contributed by atoms with Crippen LogP contribution in [0.1, 0.15) is 60.4 Å². The van der Waals surface area contributed by atoms with Gasteiger partial charge in [0.05, 0.1) is 35.3 Å². The van der Waals surface area contributed by atoms with Crippen LogP contribution in [0.5, 0.6) is 11.5 Å². The molecule has 2 aliphatic rings. The molecule has 0 saturated carbocycles. The predicted octanol–water partition coefficient (Wildman–Crippen LogP) is 7.05. The van der Waals surface area contributed by atoms with Crippen LogP contribution in [0.2, 0.25) is 0 Å². The van der Waals surface area contributed by atoms with Crippen LogP contribution < -0.4 is 20.1 Å². The summed E-state index contributed by atoms with van der Waals surface area (Å²) in [5.41, 5.74) is 12.7. The van der Waals surface area contributed by atoms with Gasteiger partial charge in [-0.05, 0) is 84.7 Å². The van der Waals surface area contributed by atoms with E-state index in [1.165, 1.54) is 12.1 Å². The average Bonchev–Trinajstić information content (AvgIpc) is 2.96. The Morgan fingerprint density at radius 2 is 1.70 bits per heavy atom. The van der Waals surface area contributed by atoms with E-state index in [1.807, 2.05) is 71.0 Å². The van der Waals surface area contributed by atoms with Gasteiger partial charge in [0.2, 0.25) is 0 Å². The summed E-state index contributed by atoms with van der Waals surface area (Å²) in [5.74, 6) is 0.834. The Hall–Kier alpha value is -5.10. The third-order valence-corrected chi connectivity index (χ3v) is 8.51. The average molecular weight is 593 g/mol. The third-order valence-electron chi connectivity index (χ3n) is 8.51. The first-order valence-corrected chi connectivity index (χ1v) is 14.4. The Labute approximate surface area is 257 Å². The van der Waals surface area contributed by atoms with E-state index >= 15 is 0 Å². The monoisotopic (exact) mass is 592 g/mol. The molecular formula is C35H36N4O5. The third kappa shape index (κ3) is 5.51. The molecule has 226 valence electrons. The quantitative estimate of drug-likeness (QED) is 0.228.